The van der Waals surface area contributed by atoms with Crippen molar-refractivity contribution in [3.05, 3.63) is 56.5 Å². The van der Waals surface area contributed by atoms with Crippen molar-refractivity contribution in [3.63, 3.8) is 0 Å². The molecule has 0 unspecified atom stereocenters. The first kappa shape index (κ1) is 16.8. The fourth-order valence-electron chi connectivity index (χ4n) is 3.52. The number of hydrogen-bond acceptors (Lipinski definition) is 4. The van der Waals surface area contributed by atoms with E-state index in [1.165, 1.54) is 0 Å². The van der Waals surface area contributed by atoms with E-state index in [-0.39, 0.29) is 18.6 Å². The molecular weight excluding hydrogens is 332 g/mol. The number of halogens is 1. The van der Waals surface area contributed by atoms with Crippen molar-refractivity contribution in [3.8, 4) is 0 Å². The molecule has 0 fully saturated rings. The van der Waals surface area contributed by atoms with Gasteiger partial charge in [0.1, 0.15) is 0 Å². The first-order valence-electron chi connectivity index (χ1n) is 7.79. The summed E-state index contributed by atoms with van der Waals surface area (Å²) in [5.41, 5.74) is 0.139. The summed E-state index contributed by atoms with van der Waals surface area (Å²) >= 11 is 5.95. The fraction of sp³-hybridized carbons (Fsp3) is 0.412. The van der Waals surface area contributed by atoms with Gasteiger partial charge in [0.2, 0.25) is 0 Å². The maximum atomic E-state index is 12.6. The number of carbonyl (C=O) groups excluding carboxylic acids is 1. The quantitative estimate of drug-likeness (QED) is 0.737. The topological polar surface area (TPSA) is 95.2 Å². The second kappa shape index (κ2) is 6.11. The number of ether oxygens (including phenoxy) is 1. The number of rotatable bonds is 3. The number of esters is 1. The Bertz CT molecular complexity index is 807. The molecule has 2 aromatic rings. The van der Waals surface area contributed by atoms with Gasteiger partial charge < -0.3 is 14.9 Å². The molecule has 3 rings (SSSR count). The number of H-pyrrole nitrogens is 2. The van der Waals surface area contributed by atoms with Gasteiger partial charge in [0.05, 0.1) is 18.1 Å². The highest BCUT2D eigenvalue weighted by molar-refractivity contribution is 6.30. The minimum absolute atomic E-state index is 0.161. The molecule has 0 saturated carbocycles. The van der Waals surface area contributed by atoms with Gasteiger partial charge in [-0.05, 0) is 31.5 Å². The van der Waals surface area contributed by atoms with Crippen molar-refractivity contribution in [2.75, 3.05) is 6.61 Å². The fourth-order valence-corrected chi connectivity index (χ4v) is 3.64. The summed E-state index contributed by atoms with van der Waals surface area (Å²) in [5.74, 6) is -2.02. The molecule has 24 heavy (non-hydrogen) atoms. The highest BCUT2D eigenvalue weighted by Gasteiger charge is 2.51. The lowest BCUT2D eigenvalue weighted by atomic mass is 9.66. The van der Waals surface area contributed by atoms with Gasteiger partial charge in [-0.15, -0.1) is 0 Å². The molecule has 1 aliphatic carbocycles. The van der Waals surface area contributed by atoms with Crippen molar-refractivity contribution in [1.29, 1.82) is 0 Å². The van der Waals surface area contributed by atoms with Crippen LogP contribution in [-0.4, -0.2) is 33.5 Å². The average Bonchev–Trinajstić information content (AvgIpc) is 2.86. The van der Waals surface area contributed by atoms with Crippen molar-refractivity contribution in [1.82, 2.24) is 10.2 Å². The van der Waals surface area contributed by atoms with E-state index >= 15 is 0 Å². The zero-order chi connectivity index (χ0) is 17.5. The second-order valence-electron chi connectivity index (χ2n) is 6.26. The summed E-state index contributed by atoms with van der Waals surface area (Å²) in [6, 6.07) is 6.92. The molecule has 0 saturated heterocycles. The molecule has 0 amide bonds. The van der Waals surface area contributed by atoms with Crippen LogP contribution >= 0.6 is 11.6 Å². The van der Waals surface area contributed by atoms with Gasteiger partial charge in [-0.3, -0.25) is 14.7 Å². The van der Waals surface area contributed by atoms with Crippen LogP contribution in [0, 0.1) is 5.92 Å². The largest absolute Gasteiger partial charge is 0.466 e. The van der Waals surface area contributed by atoms with E-state index in [4.69, 9.17) is 16.3 Å². The number of hydrogen-bond donors (Lipinski definition) is 3. The van der Waals surface area contributed by atoms with Gasteiger partial charge in [0, 0.05) is 28.6 Å². The standard InChI is InChI=1S/C17H19ClN2O4/c1-3-24-16(22)14-12(9-4-6-10(18)7-5-9)13-11(8-17(14,2)23)19-20-15(13)21/h4-7,12,14,23H,3,8H2,1-2H3,(H2,19,20,21)/t12-,14-,17-/m0/s1. The molecule has 1 heterocycles. The van der Waals surface area contributed by atoms with E-state index in [9.17, 15) is 14.7 Å². The Morgan fingerprint density at radius 1 is 1.38 bits per heavy atom. The van der Waals surface area contributed by atoms with Crippen molar-refractivity contribution >= 4 is 17.6 Å². The van der Waals surface area contributed by atoms with Gasteiger partial charge >= 0.3 is 5.97 Å². The van der Waals surface area contributed by atoms with Crippen LogP contribution in [0.15, 0.2) is 29.1 Å². The lowest BCUT2D eigenvalue weighted by molar-refractivity contribution is -0.159. The first-order chi connectivity index (χ1) is 11.3. The van der Waals surface area contributed by atoms with E-state index in [1.807, 2.05) is 0 Å². The molecule has 0 aliphatic heterocycles. The third-order valence-electron chi connectivity index (χ3n) is 4.52. The molecule has 3 atom stereocenters. The minimum atomic E-state index is -1.35. The third kappa shape index (κ3) is 2.76. The van der Waals surface area contributed by atoms with Crippen LogP contribution < -0.4 is 5.56 Å². The molecular formula is C17H19ClN2O4. The van der Waals surface area contributed by atoms with Crippen LogP contribution in [0.25, 0.3) is 0 Å². The molecule has 0 radical (unpaired) electrons. The van der Waals surface area contributed by atoms with Crippen LogP contribution in [0.1, 0.15) is 36.6 Å². The average molecular weight is 351 g/mol. The lowest BCUT2D eigenvalue weighted by Crippen LogP contribution is -2.50. The highest BCUT2D eigenvalue weighted by atomic mass is 35.5. The monoisotopic (exact) mass is 350 g/mol. The van der Waals surface area contributed by atoms with E-state index in [2.05, 4.69) is 10.2 Å². The Hall–Kier alpha value is -2.05. The maximum absolute atomic E-state index is 12.6. The number of aliphatic hydroxyl groups is 1. The Kier molecular flexibility index (Phi) is 4.27. The molecule has 7 heteroatoms. The lowest BCUT2D eigenvalue weighted by Gasteiger charge is -2.40. The summed E-state index contributed by atoms with van der Waals surface area (Å²) in [7, 11) is 0. The smallest absolute Gasteiger partial charge is 0.312 e. The minimum Gasteiger partial charge on any atom is -0.466 e. The summed E-state index contributed by atoms with van der Waals surface area (Å²) in [4.78, 5) is 24.9. The van der Waals surface area contributed by atoms with E-state index < -0.39 is 23.4 Å². The molecule has 128 valence electrons. The van der Waals surface area contributed by atoms with Crippen molar-refractivity contribution < 1.29 is 14.6 Å². The molecule has 6 nitrogen and oxygen atoms in total. The number of benzene rings is 1. The van der Waals surface area contributed by atoms with Gasteiger partial charge in [-0.1, -0.05) is 23.7 Å². The summed E-state index contributed by atoms with van der Waals surface area (Å²) in [6.45, 7) is 3.50. The van der Waals surface area contributed by atoms with Crippen LogP contribution in [-0.2, 0) is 16.0 Å². The van der Waals surface area contributed by atoms with Crippen molar-refractivity contribution in [2.45, 2.75) is 31.8 Å². The van der Waals surface area contributed by atoms with Gasteiger partial charge in [0.15, 0.2) is 0 Å². The SMILES string of the molecule is CCOC(=O)[C@@H]1[C@@H](c2ccc(Cl)cc2)c2c([nH][nH]c2=O)C[C@]1(C)O. The normalized spacial score (nSPS) is 26.0. The van der Waals surface area contributed by atoms with Gasteiger partial charge in [0.25, 0.3) is 5.56 Å². The maximum Gasteiger partial charge on any atom is 0.312 e. The molecule has 1 aromatic heterocycles. The number of aromatic nitrogens is 2. The zero-order valence-electron chi connectivity index (χ0n) is 13.4. The number of aromatic amines is 2. The van der Waals surface area contributed by atoms with Crippen LogP contribution in [0.4, 0.5) is 0 Å². The van der Waals surface area contributed by atoms with E-state index in [0.29, 0.717) is 16.3 Å². The Morgan fingerprint density at radius 3 is 2.67 bits per heavy atom. The van der Waals surface area contributed by atoms with Crippen LogP contribution in [0.2, 0.25) is 5.02 Å². The molecule has 3 N–H and O–H groups in total. The molecule has 1 aliphatic rings. The van der Waals surface area contributed by atoms with E-state index in [1.54, 1.807) is 38.1 Å². The van der Waals surface area contributed by atoms with E-state index in [0.717, 1.165) is 5.56 Å². The predicted molar refractivity (Wildman–Crippen MR) is 89.2 cm³/mol. The predicted octanol–water partition coefficient (Wildman–Crippen LogP) is 1.97. The first-order valence-corrected chi connectivity index (χ1v) is 8.17. The van der Waals surface area contributed by atoms with Gasteiger partial charge in [-0.25, -0.2) is 0 Å². The highest BCUT2D eigenvalue weighted by Crippen LogP contribution is 2.44. The summed E-state index contributed by atoms with van der Waals surface area (Å²) in [6.07, 6.45) is 0.161. The molecule has 1 aromatic carbocycles. The molecule has 0 spiro atoms. The summed E-state index contributed by atoms with van der Waals surface area (Å²) < 4.78 is 5.18. The Morgan fingerprint density at radius 2 is 2.04 bits per heavy atom. The van der Waals surface area contributed by atoms with Crippen molar-refractivity contribution in [2.24, 2.45) is 5.92 Å². The van der Waals surface area contributed by atoms with Gasteiger partial charge in [-0.2, -0.15) is 0 Å². The number of carbonyl (C=O) groups is 1. The zero-order valence-corrected chi connectivity index (χ0v) is 14.2. The Labute approximate surface area is 143 Å². The Balaban J connectivity index is 2.20. The van der Waals surface area contributed by atoms with Crippen LogP contribution in [0.5, 0.6) is 0 Å². The molecule has 0 bridgehead atoms. The number of nitrogens with one attached hydrogen (secondary N) is 2. The summed E-state index contributed by atoms with van der Waals surface area (Å²) in [5, 5.41) is 16.8. The van der Waals surface area contributed by atoms with Crippen LogP contribution in [0.3, 0.4) is 0 Å². The second-order valence-corrected chi connectivity index (χ2v) is 6.70. The number of fused-ring (bicyclic) bond motifs is 1. The third-order valence-corrected chi connectivity index (χ3v) is 4.77.